The Balaban J connectivity index is 1.92. The molecule has 0 nitrogen and oxygen atoms in total. The smallest absolute Gasteiger partial charge is 0.0711 e. The van der Waals surface area contributed by atoms with Crippen LogP contribution in [0.2, 0.25) is 0 Å². The molecule has 0 atom stereocenters. The van der Waals surface area contributed by atoms with Gasteiger partial charge in [0.25, 0.3) is 0 Å². The lowest BCUT2D eigenvalue weighted by molar-refractivity contribution is 1.79. The molecule has 2 heteroatoms. The van der Waals surface area contributed by atoms with Gasteiger partial charge in [0.1, 0.15) is 0 Å². The van der Waals surface area contributed by atoms with Crippen LogP contribution in [-0.4, -0.2) is 0 Å². The van der Waals surface area contributed by atoms with E-state index in [1.165, 1.54) is 46.2 Å². The minimum atomic E-state index is 1.19. The highest BCUT2D eigenvalue weighted by Gasteiger charge is 2.05. The Morgan fingerprint density at radius 2 is 1.05 bits per heavy atom. The summed E-state index contributed by atoms with van der Waals surface area (Å²) in [7, 11) is 0. The Hall–Kier alpha value is -1.90. The van der Waals surface area contributed by atoms with Gasteiger partial charge in [-0.25, -0.2) is 0 Å². The molecular formula is C20H11BrS. The fourth-order valence-corrected chi connectivity index (χ4v) is 4.79. The highest BCUT2D eigenvalue weighted by molar-refractivity contribution is 9.11. The van der Waals surface area contributed by atoms with Gasteiger partial charge in [-0.3, -0.25) is 0 Å². The zero-order valence-corrected chi connectivity index (χ0v) is 14.0. The first-order valence-corrected chi connectivity index (χ1v) is 8.83. The van der Waals surface area contributed by atoms with Crippen molar-refractivity contribution in [3.63, 3.8) is 0 Å². The minimum Gasteiger partial charge on any atom is -0.128 e. The normalized spacial score (nSPS) is 11.9. The van der Waals surface area contributed by atoms with Crippen LogP contribution in [0.15, 0.2) is 70.5 Å². The summed E-state index contributed by atoms with van der Waals surface area (Å²) in [5.74, 6) is 0. The molecule has 0 aliphatic heterocycles. The molecule has 0 radical (unpaired) electrons. The molecule has 1 heterocycles. The van der Waals surface area contributed by atoms with E-state index in [1.54, 1.807) is 11.3 Å². The number of hydrogen-bond donors (Lipinski definition) is 0. The molecule has 22 heavy (non-hydrogen) atoms. The molecule has 1 aromatic heterocycles. The maximum absolute atomic E-state index is 3.59. The molecule has 5 aromatic rings. The third kappa shape index (κ3) is 1.88. The number of hydrogen-bond acceptors (Lipinski definition) is 1. The highest BCUT2D eigenvalue weighted by atomic mass is 79.9. The van der Waals surface area contributed by atoms with Gasteiger partial charge in [-0.05, 0) is 96.1 Å². The molecule has 0 aliphatic rings. The van der Waals surface area contributed by atoms with Gasteiger partial charge in [-0.2, -0.15) is 0 Å². The second kappa shape index (κ2) is 4.55. The molecule has 0 bridgehead atoms. The first-order chi connectivity index (χ1) is 10.8. The Bertz CT molecular complexity index is 1090. The van der Waals surface area contributed by atoms with Crippen molar-refractivity contribution in [2.45, 2.75) is 0 Å². The summed E-state index contributed by atoms with van der Waals surface area (Å²) in [6, 6.07) is 24.5. The molecule has 0 N–H and O–H groups in total. The molecule has 104 valence electrons. The Morgan fingerprint density at radius 3 is 1.68 bits per heavy atom. The number of benzene rings is 4. The molecule has 4 aromatic carbocycles. The van der Waals surface area contributed by atoms with Crippen molar-refractivity contribution in [1.29, 1.82) is 0 Å². The van der Waals surface area contributed by atoms with E-state index >= 15 is 0 Å². The van der Waals surface area contributed by atoms with Crippen molar-refractivity contribution < 1.29 is 0 Å². The van der Waals surface area contributed by atoms with Crippen LogP contribution in [0.25, 0.3) is 42.4 Å². The van der Waals surface area contributed by atoms with E-state index < -0.39 is 0 Å². The van der Waals surface area contributed by atoms with Gasteiger partial charge in [0.15, 0.2) is 0 Å². The SMILES string of the molecule is Brc1cc2cc3cc4cc5ccccc5cc4cc3cc2s1. The van der Waals surface area contributed by atoms with Crippen LogP contribution in [-0.2, 0) is 0 Å². The molecule has 5 rings (SSSR count). The molecule has 0 fully saturated rings. The second-order valence-electron chi connectivity index (χ2n) is 5.69. The number of rotatable bonds is 0. The molecule has 0 saturated carbocycles. The van der Waals surface area contributed by atoms with Crippen LogP contribution in [0, 0.1) is 0 Å². The topological polar surface area (TPSA) is 0 Å². The Kier molecular flexibility index (Phi) is 2.61. The van der Waals surface area contributed by atoms with Crippen LogP contribution >= 0.6 is 27.3 Å². The van der Waals surface area contributed by atoms with E-state index in [9.17, 15) is 0 Å². The van der Waals surface area contributed by atoms with Crippen molar-refractivity contribution >= 4 is 69.7 Å². The van der Waals surface area contributed by atoms with Crippen molar-refractivity contribution in [2.24, 2.45) is 0 Å². The second-order valence-corrected chi connectivity index (χ2v) is 8.15. The van der Waals surface area contributed by atoms with Crippen LogP contribution < -0.4 is 0 Å². The summed E-state index contributed by atoms with van der Waals surface area (Å²) in [4.78, 5) is 0. The molecule has 0 aliphatic carbocycles. The summed E-state index contributed by atoms with van der Waals surface area (Å²) in [6.07, 6.45) is 0. The van der Waals surface area contributed by atoms with Crippen molar-refractivity contribution in [3.05, 3.63) is 70.5 Å². The zero-order chi connectivity index (χ0) is 14.7. The predicted molar refractivity (Wildman–Crippen MR) is 102 cm³/mol. The summed E-state index contributed by atoms with van der Waals surface area (Å²) < 4.78 is 2.52. The largest absolute Gasteiger partial charge is 0.128 e. The van der Waals surface area contributed by atoms with Gasteiger partial charge in [-0.15, -0.1) is 11.3 Å². The van der Waals surface area contributed by atoms with Crippen LogP contribution in [0.4, 0.5) is 0 Å². The Morgan fingerprint density at radius 1 is 0.545 bits per heavy atom. The van der Waals surface area contributed by atoms with Gasteiger partial charge < -0.3 is 0 Å². The van der Waals surface area contributed by atoms with E-state index in [4.69, 9.17) is 0 Å². The van der Waals surface area contributed by atoms with Crippen LogP contribution in [0.3, 0.4) is 0 Å². The lowest BCUT2D eigenvalue weighted by atomic mass is 9.99. The number of fused-ring (bicyclic) bond motifs is 4. The molecule has 0 amide bonds. The summed E-state index contributed by atoms with van der Waals surface area (Å²) >= 11 is 5.38. The number of thiophene rings is 1. The number of halogens is 1. The summed E-state index contributed by atoms with van der Waals surface area (Å²) in [6.45, 7) is 0. The van der Waals surface area contributed by atoms with Gasteiger partial charge in [0, 0.05) is 4.70 Å². The van der Waals surface area contributed by atoms with Crippen molar-refractivity contribution in [3.8, 4) is 0 Å². The summed E-state index contributed by atoms with van der Waals surface area (Å²) in [5.41, 5.74) is 0. The van der Waals surface area contributed by atoms with Gasteiger partial charge >= 0.3 is 0 Å². The quantitative estimate of drug-likeness (QED) is 0.257. The van der Waals surface area contributed by atoms with E-state index in [-0.39, 0.29) is 0 Å². The molecule has 0 spiro atoms. The van der Waals surface area contributed by atoms with E-state index in [0.29, 0.717) is 0 Å². The molecule has 0 saturated heterocycles. The van der Waals surface area contributed by atoms with Gasteiger partial charge in [-0.1, -0.05) is 24.3 Å². The van der Waals surface area contributed by atoms with E-state index in [1.807, 2.05) is 0 Å². The summed E-state index contributed by atoms with van der Waals surface area (Å²) in [5, 5.41) is 9.14. The minimum absolute atomic E-state index is 1.19. The lowest BCUT2D eigenvalue weighted by Crippen LogP contribution is -1.78. The standard InChI is InChI=1S/C20H11BrS/c21-20-11-18-9-16-7-14-5-12-3-1-2-4-13(12)6-15(14)8-17(16)10-19(18)22-20/h1-11H. The lowest BCUT2D eigenvalue weighted by Gasteiger charge is -2.05. The monoisotopic (exact) mass is 362 g/mol. The van der Waals surface area contributed by atoms with E-state index in [2.05, 4.69) is 82.7 Å². The van der Waals surface area contributed by atoms with Crippen LogP contribution in [0.5, 0.6) is 0 Å². The average molecular weight is 363 g/mol. The fraction of sp³-hybridized carbons (Fsp3) is 0. The van der Waals surface area contributed by atoms with E-state index in [0.717, 1.165) is 0 Å². The maximum atomic E-state index is 3.59. The first-order valence-electron chi connectivity index (χ1n) is 7.22. The first kappa shape index (κ1) is 12.6. The van der Waals surface area contributed by atoms with Crippen molar-refractivity contribution in [1.82, 2.24) is 0 Å². The molecule has 0 unspecified atom stereocenters. The van der Waals surface area contributed by atoms with Crippen LogP contribution in [0.1, 0.15) is 0 Å². The average Bonchev–Trinajstić information content (AvgIpc) is 2.87. The maximum Gasteiger partial charge on any atom is 0.0711 e. The molecular weight excluding hydrogens is 352 g/mol. The predicted octanol–water partition coefficient (Wildman–Crippen LogP) is 7.12. The highest BCUT2D eigenvalue weighted by Crippen LogP contribution is 2.35. The third-order valence-electron chi connectivity index (χ3n) is 4.27. The van der Waals surface area contributed by atoms with Crippen molar-refractivity contribution in [2.75, 3.05) is 0 Å². The zero-order valence-electron chi connectivity index (χ0n) is 11.6. The third-order valence-corrected chi connectivity index (χ3v) is 5.87. The fourth-order valence-electron chi connectivity index (χ4n) is 3.20. The van der Waals surface area contributed by atoms with Gasteiger partial charge in [0.2, 0.25) is 0 Å². The van der Waals surface area contributed by atoms with Gasteiger partial charge in [0.05, 0.1) is 3.79 Å². The Labute approximate surface area is 140 Å².